The molecule has 0 aliphatic carbocycles. The highest BCUT2D eigenvalue weighted by Gasteiger charge is 2.22. The molecule has 20 heavy (non-hydrogen) atoms. The summed E-state index contributed by atoms with van der Waals surface area (Å²) in [5, 5.41) is 16.4. The third-order valence-corrected chi connectivity index (χ3v) is 3.11. The first-order chi connectivity index (χ1) is 9.52. The molecule has 2 rings (SSSR count). The van der Waals surface area contributed by atoms with Crippen LogP contribution in [0.5, 0.6) is 0 Å². The zero-order valence-electron chi connectivity index (χ0n) is 10.2. The van der Waals surface area contributed by atoms with Gasteiger partial charge in [0.05, 0.1) is 10.6 Å². The highest BCUT2D eigenvalue weighted by Crippen LogP contribution is 2.33. The summed E-state index contributed by atoms with van der Waals surface area (Å²) in [6.07, 6.45) is 1.17. The maximum atomic E-state index is 13.2. The van der Waals surface area contributed by atoms with Gasteiger partial charge in [0.25, 0.3) is 0 Å². The van der Waals surface area contributed by atoms with Crippen molar-refractivity contribution in [2.75, 3.05) is 17.7 Å². The first-order valence-corrected chi connectivity index (χ1v) is 6.21. The van der Waals surface area contributed by atoms with Gasteiger partial charge in [-0.15, -0.1) is 0 Å². The molecule has 0 amide bonds. The van der Waals surface area contributed by atoms with Gasteiger partial charge < -0.3 is 10.6 Å². The average molecular weight is 342 g/mol. The van der Waals surface area contributed by atoms with Gasteiger partial charge in [-0.2, -0.15) is 0 Å². The Morgan fingerprint density at radius 3 is 2.70 bits per heavy atom. The summed E-state index contributed by atoms with van der Waals surface area (Å²) >= 11 is 3.23. The first-order valence-electron chi connectivity index (χ1n) is 5.42. The van der Waals surface area contributed by atoms with Crippen LogP contribution in [-0.4, -0.2) is 21.9 Å². The van der Waals surface area contributed by atoms with E-state index in [-0.39, 0.29) is 17.3 Å². The Labute approximate surface area is 121 Å². The Morgan fingerprint density at radius 1 is 1.35 bits per heavy atom. The van der Waals surface area contributed by atoms with Gasteiger partial charge in [-0.3, -0.25) is 10.1 Å². The number of nitrogens with one attached hydrogen (secondary N) is 2. The summed E-state index contributed by atoms with van der Waals surface area (Å²) in [4.78, 5) is 18.1. The fourth-order valence-corrected chi connectivity index (χ4v) is 1.89. The van der Waals surface area contributed by atoms with Gasteiger partial charge in [-0.05, 0) is 34.1 Å². The van der Waals surface area contributed by atoms with E-state index in [2.05, 4.69) is 36.5 Å². The minimum absolute atomic E-state index is 0.0272. The standard InChI is InChI=1S/C11H9BrFN5O2/c1-14-10-9(18(19)20)11(16-5-15-10)17-8-4-6(13)2-3-7(8)12/h2-5H,1H3,(H2,14,15,16,17). The molecular formula is C11H9BrFN5O2. The number of benzene rings is 1. The van der Waals surface area contributed by atoms with E-state index in [4.69, 9.17) is 0 Å². The lowest BCUT2D eigenvalue weighted by molar-refractivity contribution is -0.383. The second-order valence-electron chi connectivity index (χ2n) is 3.68. The van der Waals surface area contributed by atoms with E-state index in [1.54, 1.807) is 0 Å². The summed E-state index contributed by atoms with van der Waals surface area (Å²) in [6.45, 7) is 0. The van der Waals surface area contributed by atoms with Crippen LogP contribution >= 0.6 is 15.9 Å². The number of rotatable bonds is 4. The summed E-state index contributed by atoms with van der Waals surface area (Å²) in [6, 6.07) is 3.96. The molecule has 0 atom stereocenters. The Morgan fingerprint density at radius 2 is 2.05 bits per heavy atom. The zero-order valence-corrected chi connectivity index (χ0v) is 11.8. The smallest absolute Gasteiger partial charge is 0.353 e. The summed E-state index contributed by atoms with van der Waals surface area (Å²) in [5.74, 6) is -0.429. The molecule has 0 radical (unpaired) electrons. The topological polar surface area (TPSA) is 93.0 Å². The monoisotopic (exact) mass is 341 g/mol. The lowest BCUT2D eigenvalue weighted by Gasteiger charge is -2.09. The molecule has 0 unspecified atom stereocenters. The van der Waals surface area contributed by atoms with Gasteiger partial charge >= 0.3 is 5.69 Å². The predicted octanol–water partition coefficient (Wildman–Crippen LogP) is 3.07. The summed E-state index contributed by atoms with van der Waals surface area (Å²) in [7, 11) is 1.51. The molecule has 0 fully saturated rings. The lowest BCUT2D eigenvalue weighted by Crippen LogP contribution is -2.05. The highest BCUT2D eigenvalue weighted by molar-refractivity contribution is 9.10. The zero-order chi connectivity index (χ0) is 14.7. The van der Waals surface area contributed by atoms with Gasteiger partial charge in [0.2, 0.25) is 11.6 Å². The maximum Gasteiger partial charge on any atom is 0.353 e. The Kier molecular flexibility index (Phi) is 4.08. The normalized spacial score (nSPS) is 10.2. The molecule has 0 aliphatic heterocycles. The van der Waals surface area contributed by atoms with Gasteiger partial charge in [-0.25, -0.2) is 14.4 Å². The van der Waals surface area contributed by atoms with Crippen LogP contribution in [0.25, 0.3) is 0 Å². The van der Waals surface area contributed by atoms with Crippen molar-refractivity contribution in [1.29, 1.82) is 0 Å². The molecule has 1 aromatic heterocycles. The van der Waals surface area contributed by atoms with Crippen LogP contribution in [0.2, 0.25) is 0 Å². The molecule has 0 aliphatic rings. The van der Waals surface area contributed by atoms with Crippen molar-refractivity contribution in [2.24, 2.45) is 0 Å². The van der Waals surface area contributed by atoms with Crippen LogP contribution in [0.1, 0.15) is 0 Å². The van der Waals surface area contributed by atoms with Crippen molar-refractivity contribution in [2.45, 2.75) is 0 Å². The lowest BCUT2D eigenvalue weighted by atomic mass is 10.3. The largest absolute Gasteiger partial charge is 0.367 e. The molecule has 0 saturated heterocycles. The van der Waals surface area contributed by atoms with E-state index >= 15 is 0 Å². The molecule has 7 nitrogen and oxygen atoms in total. The fourth-order valence-electron chi connectivity index (χ4n) is 1.55. The van der Waals surface area contributed by atoms with E-state index in [1.165, 1.54) is 31.6 Å². The molecule has 0 bridgehead atoms. The second kappa shape index (κ2) is 5.78. The van der Waals surface area contributed by atoms with Gasteiger partial charge in [0.1, 0.15) is 12.1 Å². The maximum absolute atomic E-state index is 13.2. The average Bonchev–Trinajstić information content (AvgIpc) is 2.42. The third-order valence-electron chi connectivity index (χ3n) is 2.42. The van der Waals surface area contributed by atoms with Crippen LogP contribution in [0.3, 0.4) is 0 Å². The molecule has 1 aromatic carbocycles. The summed E-state index contributed by atoms with van der Waals surface area (Å²) < 4.78 is 13.8. The Balaban J connectivity index is 2.48. The second-order valence-corrected chi connectivity index (χ2v) is 4.53. The molecule has 1 heterocycles. The van der Waals surface area contributed by atoms with Gasteiger partial charge in [-0.1, -0.05) is 0 Å². The first kappa shape index (κ1) is 14.1. The highest BCUT2D eigenvalue weighted by atomic mass is 79.9. The Hall–Kier alpha value is -2.29. The number of hydrogen-bond acceptors (Lipinski definition) is 6. The number of aromatic nitrogens is 2. The van der Waals surface area contributed by atoms with Crippen molar-refractivity contribution in [1.82, 2.24) is 9.97 Å². The van der Waals surface area contributed by atoms with Crippen LogP contribution in [-0.2, 0) is 0 Å². The molecular weight excluding hydrogens is 333 g/mol. The fraction of sp³-hybridized carbons (Fsp3) is 0.0909. The number of hydrogen-bond donors (Lipinski definition) is 2. The van der Waals surface area contributed by atoms with Crippen LogP contribution in [0.4, 0.5) is 27.4 Å². The number of nitrogens with zero attached hydrogens (tertiary/aromatic N) is 3. The van der Waals surface area contributed by atoms with Crippen LogP contribution < -0.4 is 10.6 Å². The van der Waals surface area contributed by atoms with Gasteiger partial charge in [0, 0.05) is 11.5 Å². The number of halogens is 2. The number of nitro groups is 1. The molecule has 2 aromatic rings. The van der Waals surface area contributed by atoms with Crippen molar-refractivity contribution in [3.05, 3.63) is 44.9 Å². The molecule has 9 heteroatoms. The van der Waals surface area contributed by atoms with E-state index in [9.17, 15) is 14.5 Å². The molecule has 0 spiro atoms. The third kappa shape index (κ3) is 2.82. The van der Waals surface area contributed by atoms with E-state index in [0.717, 1.165) is 0 Å². The van der Waals surface area contributed by atoms with Crippen molar-refractivity contribution >= 4 is 38.9 Å². The van der Waals surface area contributed by atoms with Crippen LogP contribution in [0.15, 0.2) is 29.0 Å². The van der Waals surface area contributed by atoms with Gasteiger partial charge in [0.15, 0.2) is 0 Å². The summed E-state index contributed by atoms with van der Waals surface area (Å²) in [5.41, 5.74) is 0.0139. The van der Waals surface area contributed by atoms with Crippen molar-refractivity contribution in [3.63, 3.8) is 0 Å². The quantitative estimate of drug-likeness (QED) is 0.655. The van der Waals surface area contributed by atoms with E-state index in [0.29, 0.717) is 10.2 Å². The van der Waals surface area contributed by atoms with Crippen molar-refractivity contribution in [3.8, 4) is 0 Å². The minimum Gasteiger partial charge on any atom is -0.367 e. The SMILES string of the molecule is CNc1ncnc(Nc2cc(F)ccc2Br)c1[N+](=O)[O-]. The molecule has 2 N–H and O–H groups in total. The van der Waals surface area contributed by atoms with Crippen molar-refractivity contribution < 1.29 is 9.31 Å². The predicted molar refractivity (Wildman–Crippen MR) is 75.6 cm³/mol. The molecule has 104 valence electrons. The molecule has 0 saturated carbocycles. The Bertz CT molecular complexity index is 667. The number of anilines is 3. The van der Waals surface area contributed by atoms with E-state index < -0.39 is 10.7 Å². The van der Waals surface area contributed by atoms with Crippen LogP contribution in [0, 0.1) is 15.9 Å². The minimum atomic E-state index is -0.610. The van der Waals surface area contributed by atoms with E-state index in [1.807, 2.05) is 0 Å².